The molecule has 0 N–H and O–H groups in total. The van der Waals surface area contributed by atoms with Gasteiger partial charge in [0.25, 0.3) is 5.91 Å². The molecule has 27 heavy (non-hydrogen) atoms. The number of aliphatic imine (C=N–C) groups is 1. The maximum absolute atomic E-state index is 13.3. The fourth-order valence-corrected chi connectivity index (χ4v) is 5.84. The SMILES string of the molecule is O=C1C(=Cc2ccccc2Br)SC(=NC2CCCCC2)N1C1CCCCC1. The van der Waals surface area contributed by atoms with Crippen molar-refractivity contribution in [2.24, 2.45) is 4.99 Å². The number of hydrogen-bond acceptors (Lipinski definition) is 3. The minimum atomic E-state index is 0.150. The van der Waals surface area contributed by atoms with Crippen LogP contribution in [0.25, 0.3) is 6.08 Å². The van der Waals surface area contributed by atoms with Crippen molar-refractivity contribution in [3.8, 4) is 0 Å². The van der Waals surface area contributed by atoms with Crippen LogP contribution in [0.15, 0.2) is 38.6 Å². The maximum Gasteiger partial charge on any atom is 0.267 e. The van der Waals surface area contributed by atoms with Crippen LogP contribution < -0.4 is 0 Å². The second-order valence-electron chi connectivity index (χ2n) is 7.80. The molecule has 0 bridgehead atoms. The normalized spacial score (nSPS) is 25.7. The highest BCUT2D eigenvalue weighted by Crippen LogP contribution is 2.39. The molecule has 1 aromatic carbocycles. The van der Waals surface area contributed by atoms with E-state index in [2.05, 4.69) is 15.9 Å². The molecule has 1 aliphatic heterocycles. The lowest BCUT2D eigenvalue weighted by Gasteiger charge is -2.31. The van der Waals surface area contributed by atoms with Crippen LogP contribution in [0.5, 0.6) is 0 Å². The minimum absolute atomic E-state index is 0.150. The van der Waals surface area contributed by atoms with Crippen molar-refractivity contribution in [1.82, 2.24) is 4.90 Å². The van der Waals surface area contributed by atoms with E-state index in [1.165, 1.54) is 51.4 Å². The van der Waals surface area contributed by atoms with Crippen LogP contribution in [-0.4, -0.2) is 28.1 Å². The highest BCUT2D eigenvalue weighted by atomic mass is 79.9. The van der Waals surface area contributed by atoms with Gasteiger partial charge in [0.1, 0.15) is 0 Å². The zero-order valence-corrected chi connectivity index (χ0v) is 18.1. The quantitative estimate of drug-likeness (QED) is 0.503. The Balaban J connectivity index is 1.64. The van der Waals surface area contributed by atoms with E-state index < -0.39 is 0 Å². The van der Waals surface area contributed by atoms with E-state index in [1.807, 2.05) is 35.2 Å². The van der Waals surface area contributed by atoms with Crippen LogP contribution in [-0.2, 0) is 4.79 Å². The summed E-state index contributed by atoms with van der Waals surface area (Å²) in [6.07, 6.45) is 14.2. The molecule has 5 heteroatoms. The first-order valence-electron chi connectivity index (χ1n) is 10.3. The molecule has 1 amide bonds. The largest absolute Gasteiger partial charge is 0.284 e. The summed E-state index contributed by atoms with van der Waals surface area (Å²) in [5.74, 6) is 0.150. The van der Waals surface area contributed by atoms with Crippen LogP contribution in [0.1, 0.15) is 69.8 Å². The summed E-state index contributed by atoms with van der Waals surface area (Å²) in [4.78, 5) is 21.3. The third-order valence-corrected chi connectivity index (χ3v) is 7.56. The molecule has 0 radical (unpaired) electrons. The number of amidine groups is 1. The average molecular weight is 447 g/mol. The summed E-state index contributed by atoms with van der Waals surface area (Å²) in [7, 11) is 0. The molecule has 3 nitrogen and oxygen atoms in total. The van der Waals surface area contributed by atoms with Gasteiger partial charge in [0, 0.05) is 10.5 Å². The first kappa shape index (κ1) is 19.3. The van der Waals surface area contributed by atoms with Crippen LogP contribution >= 0.6 is 27.7 Å². The number of thioether (sulfide) groups is 1. The summed E-state index contributed by atoms with van der Waals surface area (Å²) in [5.41, 5.74) is 1.05. The number of carbonyl (C=O) groups is 1. The predicted octanol–water partition coefficient (Wildman–Crippen LogP) is 6.39. The lowest BCUT2D eigenvalue weighted by atomic mass is 9.94. The zero-order chi connectivity index (χ0) is 18.6. The first-order valence-corrected chi connectivity index (χ1v) is 11.9. The third kappa shape index (κ3) is 4.51. The highest BCUT2D eigenvalue weighted by molar-refractivity contribution is 9.10. The van der Waals surface area contributed by atoms with E-state index in [-0.39, 0.29) is 5.91 Å². The average Bonchev–Trinajstić information content (AvgIpc) is 3.00. The summed E-state index contributed by atoms with van der Waals surface area (Å²) in [5, 5.41) is 0.956. The van der Waals surface area contributed by atoms with Gasteiger partial charge in [0.15, 0.2) is 5.17 Å². The van der Waals surface area contributed by atoms with Gasteiger partial charge in [-0.1, -0.05) is 72.7 Å². The van der Waals surface area contributed by atoms with Crippen molar-refractivity contribution in [2.45, 2.75) is 76.3 Å². The van der Waals surface area contributed by atoms with Crippen molar-refractivity contribution in [3.05, 3.63) is 39.2 Å². The van der Waals surface area contributed by atoms with Gasteiger partial charge in [-0.3, -0.25) is 14.7 Å². The molecule has 0 atom stereocenters. The maximum atomic E-state index is 13.3. The van der Waals surface area contributed by atoms with Crippen molar-refractivity contribution >= 4 is 44.8 Å². The van der Waals surface area contributed by atoms with E-state index >= 15 is 0 Å². The van der Waals surface area contributed by atoms with Crippen molar-refractivity contribution in [3.63, 3.8) is 0 Å². The number of carbonyl (C=O) groups excluding carboxylic acids is 1. The van der Waals surface area contributed by atoms with Crippen molar-refractivity contribution in [1.29, 1.82) is 0 Å². The molecule has 144 valence electrons. The molecule has 1 saturated heterocycles. The molecular weight excluding hydrogens is 420 g/mol. The van der Waals surface area contributed by atoms with E-state index in [0.29, 0.717) is 12.1 Å². The topological polar surface area (TPSA) is 32.7 Å². The predicted molar refractivity (Wildman–Crippen MR) is 118 cm³/mol. The Hall–Kier alpha value is -1.07. The molecule has 0 spiro atoms. The summed E-state index contributed by atoms with van der Waals surface area (Å²) in [6, 6.07) is 8.80. The second kappa shape index (κ2) is 8.95. The van der Waals surface area contributed by atoms with Gasteiger partial charge >= 0.3 is 0 Å². The van der Waals surface area contributed by atoms with Crippen LogP contribution in [0.4, 0.5) is 0 Å². The smallest absolute Gasteiger partial charge is 0.267 e. The standard InChI is InChI=1S/C22H27BrN2OS/c23-19-14-8-7-9-16(19)15-20-21(26)25(18-12-5-2-6-13-18)22(27-20)24-17-10-3-1-4-11-17/h7-9,14-15,17-18H,1-6,10-13H2. The van der Waals surface area contributed by atoms with Gasteiger partial charge in [-0.15, -0.1) is 0 Å². The van der Waals surface area contributed by atoms with E-state index in [4.69, 9.17) is 4.99 Å². The fraction of sp³-hybridized carbons (Fsp3) is 0.545. The molecule has 1 aromatic rings. The Labute approximate surface area is 174 Å². The molecule has 1 heterocycles. The summed E-state index contributed by atoms with van der Waals surface area (Å²) in [6.45, 7) is 0. The van der Waals surface area contributed by atoms with Crippen LogP contribution in [0, 0.1) is 0 Å². The fourth-order valence-electron chi connectivity index (χ4n) is 4.34. The molecule has 0 aromatic heterocycles. The number of benzene rings is 1. The molecule has 3 aliphatic rings. The second-order valence-corrected chi connectivity index (χ2v) is 9.67. The Morgan fingerprint density at radius 1 is 1.00 bits per heavy atom. The number of halogens is 1. The Kier molecular flexibility index (Phi) is 6.39. The van der Waals surface area contributed by atoms with E-state index in [0.717, 1.165) is 33.0 Å². The molecule has 2 aliphatic carbocycles. The Bertz CT molecular complexity index is 748. The molecule has 0 unspecified atom stereocenters. The highest BCUT2D eigenvalue weighted by Gasteiger charge is 2.39. The van der Waals surface area contributed by atoms with Gasteiger partial charge in [-0.05, 0) is 55.2 Å². The molecular formula is C22H27BrN2OS. The molecule has 2 saturated carbocycles. The number of amides is 1. The lowest BCUT2D eigenvalue weighted by Crippen LogP contribution is -2.41. The van der Waals surface area contributed by atoms with Crippen molar-refractivity contribution in [2.75, 3.05) is 0 Å². The minimum Gasteiger partial charge on any atom is -0.284 e. The Morgan fingerprint density at radius 3 is 2.37 bits per heavy atom. The van der Waals surface area contributed by atoms with Gasteiger partial charge in [-0.25, -0.2) is 0 Å². The van der Waals surface area contributed by atoms with Gasteiger partial charge in [0.05, 0.1) is 10.9 Å². The monoisotopic (exact) mass is 446 g/mol. The van der Waals surface area contributed by atoms with Gasteiger partial charge < -0.3 is 0 Å². The van der Waals surface area contributed by atoms with Crippen LogP contribution in [0.2, 0.25) is 0 Å². The van der Waals surface area contributed by atoms with Gasteiger partial charge in [0.2, 0.25) is 0 Å². The first-order chi connectivity index (χ1) is 13.2. The summed E-state index contributed by atoms with van der Waals surface area (Å²) >= 11 is 5.19. The summed E-state index contributed by atoms with van der Waals surface area (Å²) < 4.78 is 1.02. The Morgan fingerprint density at radius 2 is 1.67 bits per heavy atom. The van der Waals surface area contributed by atoms with Crippen molar-refractivity contribution < 1.29 is 4.79 Å². The third-order valence-electron chi connectivity index (χ3n) is 5.84. The molecule has 3 fully saturated rings. The number of nitrogens with zero attached hydrogens (tertiary/aromatic N) is 2. The van der Waals surface area contributed by atoms with Crippen LogP contribution in [0.3, 0.4) is 0 Å². The lowest BCUT2D eigenvalue weighted by molar-refractivity contribution is -0.124. The molecule has 4 rings (SSSR count). The van der Waals surface area contributed by atoms with E-state index in [1.54, 1.807) is 11.8 Å². The van der Waals surface area contributed by atoms with E-state index in [9.17, 15) is 4.79 Å². The van der Waals surface area contributed by atoms with Gasteiger partial charge in [-0.2, -0.15) is 0 Å². The number of hydrogen-bond donors (Lipinski definition) is 0. The number of rotatable bonds is 3. The zero-order valence-electron chi connectivity index (χ0n) is 15.7.